The van der Waals surface area contributed by atoms with Crippen LogP contribution in [0.5, 0.6) is 0 Å². The minimum atomic E-state index is -3.57. The molecule has 0 aliphatic heterocycles. The summed E-state index contributed by atoms with van der Waals surface area (Å²) in [4.78, 5) is 12.6. The van der Waals surface area contributed by atoms with E-state index < -0.39 is 10.0 Å². The molecule has 0 saturated heterocycles. The van der Waals surface area contributed by atoms with Crippen molar-refractivity contribution < 1.29 is 17.6 Å². The molecule has 3 aromatic carbocycles. The summed E-state index contributed by atoms with van der Waals surface area (Å²) < 4.78 is 39.4. The molecule has 0 bridgehead atoms. The third-order valence-corrected chi connectivity index (χ3v) is 6.73. The molecular formula is C24H25FN2O3S. The van der Waals surface area contributed by atoms with Crippen molar-refractivity contribution in [3.05, 3.63) is 101 Å². The number of aryl methyl sites for hydroxylation is 1. The van der Waals surface area contributed by atoms with Gasteiger partial charge in [-0.05, 0) is 60.4 Å². The first kappa shape index (κ1) is 22.7. The van der Waals surface area contributed by atoms with Gasteiger partial charge in [-0.25, -0.2) is 12.8 Å². The molecule has 0 aliphatic rings. The number of hydrogen-bond acceptors (Lipinski definition) is 3. The van der Waals surface area contributed by atoms with Crippen LogP contribution in [0.15, 0.2) is 83.8 Å². The number of rotatable bonds is 9. The van der Waals surface area contributed by atoms with E-state index in [0.29, 0.717) is 12.1 Å². The predicted octanol–water partition coefficient (Wildman–Crippen LogP) is 4.01. The number of benzene rings is 3. The van der Waals surface area contributed by atoms with Gasteiger partial charge in [0, 0.05) is 25.7 Å². The smallest absolute Gasteiger partial charge is 0.251 e. The lowest BCUT2D eigenvalue weighted by Gasteiger charge is -2.17. The summed E-state index contributed by atoms with van der Waals surface area (Å²) in [6.45, 7) is 0.715. The lowest BCUT2D eigenvalue weighted by atomic mass is 10.1. The molecule has 0 spiro atoms. The lowest BCUT2D eigenvalue weighted by Crippen LogP contribution is -2.27. The van der Waals surface area contributed by atoms with Crippen LogP contribution in [-0.2, 0) is 23.0 Å². The molecule has 0 aliphatic carbocycles. The van der Waals surface area contributed by atoms with Crippen LogP contribution in [0.4, 0.5) is 4.39 Å². The van der Waals surface area contributed by atoms with Crippen LogP contribution in [0.3, 0.4) is 0 Å². The summed E-state index contributed by atoms with van der Waals surface area (Å²) in [7, 11) is -2.04. The van der Waals surface area contributed by atoms with E-state index in [1.165, 1.54) is 23.5 Å². The number of carbonyl (C=O) groups is 1. The maximum Gasteiger partial charge on any atom is 0.251 e. The van der Waals surface area contributed by atoms with Crippen molar-refractivity contribution in [3.8, 4) is 0 Å². The summed E-state index contributed by atoms with van der Waals surface area (Å²) >= 11 is 0. The largest absolute Gasteiger partial charge is 0.352 e. The number of sulfonamides is 1. The van der Waals surface area contributed by atoms with Crippen LogP contribution in [0.25, 0.3) is 0 Å². The molecule has 0 unspecified atom stereocenters. The molecule has 1 N–H and O–H groups in total. The Bertz CT molecular complexity index is 1100. The SMILES string of the molecule is CN(Cc1ccc(C(=O)NCCCc2ccc(F)cc2)cc1)S(=O)(=O)c1ccccc1. The first-order chi connectivity index (χ1) is 14.9. The zero-order chi connectivity index (χ0) is 22.3. The molecule has 0 heterocycles. The van der Waals surface area contributed by atoms with Gasteiger partial charge >= 0.3 is 0 Å². The van der Waals surface area contributed by atoms with Crippen LogP contribution >= 0.6 is 0 Å². The predicted molar refractivity (Wildman–Crippen MR) is 119 cm³/mol. The highest BCUT2D eigenvalue weighted by molar-refractivity contribution is 7.89. The van der Waals surface area contributed by atoms with Gasteiger partial charge in [-0.15, -0.1) is 0 Å². The number of nitrogens with zero attached hydrogens (tertiary/aromatic N) is 1. The van der Waals surface area contributed by atoms with E-state index in [-0.39, 0.29) is 23.2 Å². The highest BCUT2D eigenvalue weighted by Crippen LogP contribution is 2.16. The van der Waals surface area contributed by atoms with Crippen LogP contribution in [0, 0.1) is 5.82 Å². The second-order valence-corrected chi connectivity index (χ2v) is 9.30. The normalized spacial score (nSPS) is 11.5. The fraction of sp³-hybridized carbons (Fsp3) is 0.208. The van der Waals surface area contributed by atoms with Gasteiger partial charge in [0.15, 0.2) is 0 Å². The van der Waals surface area contributed by atoms with E-state index >= 15 is 0 Å². The van der Waals surface area contributed by atoms with Crippen molar-refractivity contribution in [1.29, 1.82) is 0 Å². The first-order valence-electron chi connectivity index (χ1n) is 9.99. The van der Waals surface area contributed by atoms with Crippen molar-refractivity contribution in [3.63, 3.8) is 0 Å². The fourth-order valence-corrected chi connectivity index (χ4v) is 4.30. The molecule has 162 valence electrons. The minimum absolute atomic E-state index is 0.184. The Hall–Kier alpha value is -3.03. The Kier molecular flexibility index (Phi) is 7.55. The van der Waals surface area contributed by atoms with E-state index in [1.54, 1.807) is 66.7 Å². The topological polar surface area (TPSA) is 66.5 Å². The van der Waals surface area contributed by atoms with Gasteiger partial charge in [0.2, 0.25) is 10.0 Å². The fourth-order valence-electron chi connectivity index (χ4n) is 3.12. The number of hydrogen-bond donors (Lipinski definition) is 1. The molecule has 3 aromatic rings. The van der Waals surface area contributed by atoms with E-state index in [2.05, 4.69) is 5.32 Å². The van der Waals surface area contributed by atoms with E-state index in [4.69, 9.17) is 0 Å². The molecular weight excluding hydrogens is 415 g/mol. The van der Waals surface area contributed by atoms with Gasteiger partial charge in [-0.3, -0.25) is 4.79 Å². The van der Waals surface area contributed by atoms with Gasteiger partial charge in [-0.2, -0.15) is 4.31 Å². The Labute approximate surface area is 182 Å². The molecule has 31 heavy (non-hydrogen) atoms. The van der Waals surface area contributed by atoms with E-state index in [0.717, 1.165) is 24.0 Å². The van der Waals surface area contributed by atoms with Gasteiger partial charge < -0.3 is 5.32 Å². The van der Waals surface area contributed by atoms with Crippen LogP contribution in [0.1, 0.15) is 27.9 Å². The average Bonchev–Trinajstić information content (AvgIpc) is 2.79. The van der Waals surface area contributed by atoms with Crippen LogP contribution in [0.2, 0.25) is 0 Å². The molecule has 5 nitrogen and oxygen atoms in total. The third-order valence-electron chi connectivity index (χ3n) is 4.91. The standard InChI is InChI=1S/C24H25FN2O3S/c1-27(31(29,30)23-7-3-2-4-8-23)18-20-9-13-21(14-10-20)24(28)26-17-5-6-19-11-15-22(25)16-12-19/h2-4,7-16H,5-6,17-18H2,1H3,(H,26,28). The molecule has 3 rings (SSSR count). The zero-order valence-electron chi connectivity index (χ0n) is 17.3. The highest BCUT2D eigenvalue weighted by atomic mass is 32.2. The molecule has 0 saturated carbocycles. The van der Waals surface area contributed by atoms with Crippen LogP contribution in [-0.4, -0.2) is 32.2 Å². The maximum absolute atomic E-state index is 12.9. The van der Waals surface area contributed by atoms with E-state index in [9.17, 15) is 17.6 Å². The molecule has 7 heteroatoms. The highest BCUT2D eigenvalue weighted by Gasteiger charge is 2.20. The Morgan fingerprint density at radius 3 is 2.16 bits per heavy atom. The summed E-state index contributed by atoms with van der Waals surface area (Å²) in [6, 6.07) is 21.5. The maximum atomic E-state index is 12.9. The van der Waals surface area contributed by atoms with Crippen LogP contribution < -0.4 is 5.32 Å². The number of halogens is 1. The zero-order valence-corrected chi connectivity index (χ0v) is 18.1. The summed E-state index contributed by atoms with van der Waals surface area (Å²) in [5.74, 6) is -0.444. The molecule has 0 aromatic heterocycles. The number of nitrogens with one attached hydrogen (secondary N) is 1. The van der Waals surface area contributed by atoms with Crippen molar-refractivity contribution in [2.24, 2.45) is 0 Å². The average molecular weight is 441 g/mol. The Balaban J connectivity index is 1.50. The van der Waals surface area contributed by atoms with Crippen molar-refractivity contribution in [2.45, 2.75) is 24.3 Å². The summed E-state index contributed by atoms with van der Waals surface area (Å²) in [6.07, 6.45) is 1.50. The molecule has 1 amide bonds. The second kappa shape index (κ2) is 10.3. The number of carbonyl (C=O) groups excluding carboxylic acids is 1. The van der Waals surface area contributed by atoms with Gasteiger partial charge in [0.05, 0.1) is 4.90 Å². The second-order valence-electron chi connectivity index (χ2n) is 7.26. The summed E-state index contributed by atoms with van der Waals surface area (Å²) in [5.41, 5.74) is 2.32. The third kappa shape index (κ3) is 6.23. The Morgan fingerprint density at radius 1 is 0.903 bits per heavy atom. The minimum Gasteiger partial charge on any atom is -0.352 e. The Morgan fingerprint density at radius 2 is 1.52 bits per heavy atom. The van der Waals surface area contributed by atoms with Gasteiger partial charge in [0.1, 0.15) is 5.82 Å². The quantitative estimate of drug-likeness (QED) is 0.512. The van der Waals surface area contributed by atoms with Gasteiger partial charge in [-0.1, -0.05) is 42.5 Å². The monoisotopic (exact) mass is 440 g/mol. The molecule has 0 fully saturated rings. The van der Waals surface area contributed by atoms with E-state index in [1.807, 2.05) is 0 Å². The molecule has 0 atom stereocenters. The number of amides is 1. The summed E-state index contributed by atoms with van der Waals surface area (Å²) in [5, 5.41) is 2.87. The van der Waals surface area contributed by atoms with Crippen molar-refractivity contribution in [2.75, 3.05) is 13.6 Å². The van der Waals surface area contributed by atoms with Gasteiger partial charge in [0.25, 0.3) is 5.91 Å². The van der Waals surface area contributed by atoms with Crippen molar-refractivity contribution >= 4 is 15.9 Å². The first-order valence-corrected chi connectivity index (χ1v) is 11.4. The molecule has 0 radical (unpaired) electrons. The lowest BCUT2D eigenvalue weighted by molar-refractivity contribution is 0.0953. The van der Waals surface area contributed by atoms with Crippen molar-refractivity contribution in [1.82, 2.24) is 9.62 Å².